The highest BCUT2D eigenvalue weighted by molar-refractivity contribution is 5.89. The number of fused-ring (bicyclic) bond motifs is 1. The van der Waals surface area contributed by atoms with Gasteiger partial charge in [0, 0.05) is 19.1 Å². The molecule has 1 aromatic carbocycles. The first-order valence-corrected chi connectivity index (χ1v) is 10.9. The lowest BCUT2D eigenvalue weighted by Crippen LogP contribution is -2.39. The van der Waals surface area contributed by atoms with Gasteiger partial charge in [0.05, 0.1) is 17.1 Å². The predicted octanol–water partition coefficient (Wildman–Crippen LogP) is 4.31. The van der Waals surface area contributed by atoms with Crippen LogP contribution in [0.1, 0.15) is 70.4 Å². The van der Waals surface area contributed by atoms with Gasteiger partial charge in [-0.2, -0.15) is 5.26 Å². The normalized spacial score (nSPS) is 15.6. The van der Waals surface area contributed by atoms with Crippen molar-refractivity contribution in [2.75, 3.05) is 18.0 Å². The van der Waals surface area contributed by atoms with Crippen LogP contribution in [0.5, 0.6) is 0 Å². The van der Waals surface area contributed by atoms with Gasteiger partial charge < -0.3 is 10.2 Å². The van der Waals surface area contributed by atoms with Crippen LogP contribution in [-0.2, 0) is 4.79 Å². The minimum Gasteiger partial charge on any atom is -0.355 e. The number of benzene rings is 1. The molecule has 0 bridgehead atoms. The number of para-hydroxylation sites is 2. The van der Waals surface area contributed by atoms with E-state index in [1.807, 2.05) is 24.3 Å². The van der Waals surface area contributed by atoms with Crippen LogP contribution >= 0.6 is 0 Å². The van der Waals surface area contributed by atoms with Gasteiger partial charge in [-0.05, 0) is 37.8 Å². The molecule has 154 valence electrons. The topological polar surface area (TPSA) is 81.9 Å². The van der Waals surface area contributed by atoms with Crippen molar-refractivity contribution in [3.63, 3.8) is 0 Å². The number of nitrogens with zero attached hydrogens (tertiary/aromatic N) is 4. The van der Waals surface area contributed by atoms with Crippen LogP contribution in [0, 0.1) is 11.3 Å². The van der Waals surface area contributed by atoms with Crippen LogP contribution in [0.15, 0.2) is 24.3 Å². The smallest absolute Gasteiger partial charge is 0.243 e. The summed E-state index contributed by atoms with van der Waals surface area (Å²) in [7, 11) is 0. The molecule has 1 fully saturated rings. The van der Waals surface area contributed by atoms with E-state index >= 15 is 0 Å². The Morgan fingerprint density at radius 3 is 2.34 bits per heavy atom. The molecule has 0 radical (unpaired) electrons. The first kappa shape index (κ1) is 21.0. The largest absolute Gasteiger partial charge is 0.355 e. The van der Waals surface area contributed by atoms with Gasteiger partial charge in [-0.3, -0.25) is 4.79 Å². The molecular weight excluding hydrogens is 362 g/mol. The molecule has 1 N–H and O–H groups in total. The number of hydrogen-bond donors (Lipinski definition) is 1. The van der Waals surface area contributed by atoms with Gasteiger partial charge in [-0.1, -0.05) is 45.2 Å². The molecular formula is C23H31N5O. The number of nitrogens with one attached hydrogen (secondary N) is 1. The SMILES string of the molecule is CCCN(CCC)c1nc2ccccc2nc1[C@@H](C#N)C(=O)NC1CCCCC1. The molecule has 1 amide bonds. The first-order chi connectivity index (χ1) is 14.2. The second-order valence-corrected chi connectivity index (χ2v) is 7.81. The quantitative estimate of drug-likeness (QED) is 0.722. The molecule has 0 spiro atoms. The average molecular weight is 394 g/mol. The molecule has 1 aliphatic carbocycles. The third-order valence-corrected chi connectivity index (χ3v) is 5.48. The third-order valence-electron chi connectivity index (χ3n) is 5.48. The highest BCUT2D eigenvalue weighted by atomic mass is 16.2. The molecule has 1 saturated carbocycles. The number of nitriles is 1. The van der Waals surface area contributed by atoms with Crippen molar-refractivity contribution in [3.8, 4) is 6.07 Å². The fraction of sp³-hybridized carbons (Fsp3) is 0.565. The molecule has 1 heterocycles. The maximum absolute atomic E-state index is 13.0. The zero-order valence-electron chi connectivity index (χ0n) is 17.5. The fourth-order valence-electron chi connectivity index (χ4n) is 4.07. The second-order valence-electron chi connectivity index (χ2n) is 7.81. The van der Waals surface area contributed by atoms with E-state index in [-0.39, 0.29) is 11.9 Å². The number of hydrogen-bond acceptors (Lipinski definition) is 5. The number of carbonyl (C=O) groups excluding carboxylic acids is 1. The molecule has 0 saturated heterocycles. The van der Waals surface area contributed by atoms with E-state index in [1.54, 1.807) is 0 Å². The maximum atomic E-state index is 13.0. The molecule has 29 heavy (non-hydrogen) atoms. The zero-order chi connectivity index (χ0) is 20.6. The van der Waals surface area contributed by atoms with Crippen molar-refractivity contribution in [1.29, 1.82) is 5.26 Å². The van der Waals surface area contributed by atoms with Gasteiger partial charge in [0.15, 0.2) is 11.7 Å². The van der Waals surface area contributed by atoms with Gasteiger partial charge >= 0.3 is 0 Å². The number of carbonyl (C=O) groups is 1. The van der Waals surface area contributed by atoms with Crippen LogP contribution in [0.4, 0.5) is 5.82 Å². The summed E-state index contributed by atoms with van der Waals surface area (Å²) in [5, 5.41) is 13.0. The summed E-state index contributed by atoms with van der Waals surface area (Å²) in [5.74, 6) is -0.545. The Bertz CT molecular complexity index is 863. The Labute approximate surface area is 173 Å². The Balaban J connectivity index is 2.00. The summed E-state index contributed by atoms with van der Waals surface area (Å²) < 4.78 is 0. The lowest BCUT2D eigenvalue weighted by Gasteiger charge is -2.27. The number of rotatable bonds is 8. The molecule has 6 heteroatoms. The summed E-state index contributed by atoms with van der Waals surface area (Å²) in [6, 6.07) is 10.0. The predicted molar refractivity (Wildman–Crippen MR) is 116 cm³/mol. The van der Waals surface area contributed by atoms with Gasteiger partial charge in [-0.15, -0.1) is 0 Å². The zero-order valence-corrected chi connectivity index (χ0v) is 17.5. The molecule has 0 unspecified atom stereocenters. The van der Waals surface area contributed by atoms with Gasteiger partial charge in [-0.25, -0.2) is 9.97 Å². The van der Waals surface area contributed by atoms with E-state index in [9.17, 15) is 10.1 Å². The number of amides is 1. The monoisotopic (exact) mass is 393 g/mol. The van der Waals surface area contributed by atoms with Crippen LogP contribution in [0.3, 0.4) is 0 Å². The highest BCUT2D eigenvalue weighted by Crippen LogP contribution is 2.28. The average Bonchev–Trinajstić information content (AvgIpc) is 2.74. The number of anilines is 1. The lowest BCUT2D eigenvalue weighted by molar-refractivity contribution is -0.122. The minimum absolute atomic E-state index is 0.159. The third kappa shape index (κ3) is 5.03. The number of aromatic nitrogens is 2. The Morgan fingerprint density at radius 1 is 1.14 bits per heavy atom. The summed E-state index contributed by atoms with van der Waals surface area (Å²) >= 11 is 0. The van der Waals surface area contributed by atoms with Crippen molar-refractivity contribution in [2.24, 2.45) is 0 Å². The summed E-state index contributed by atoms with van der Waals surface area (Å²) in [5.41, 5.74) is 1.97. The second kappa shape index (κ2) is 10.2. The molecule has 3 rings (SSSR count). The van der Waals surface area contributed by atoms with E-state index in [1.165, 1.54) is 6.42 Å². The Hall–Kier alpha value is -2.68. The van der Waals surface area contributed by atoms with Crippen molar-refractivity contribution in [3.05, 3.63) is 30.0 Å². The van der Waals surface area contributed by atoms with Crippen molar-refractivity contribution >= 4 is 22.8 Å². The van der Waals surface area contributed by atoms with Crippen LogP contribution in [0.25, 0.3) is 11.0 Å². The van der Waals surface area contributed by atoms with Gasteiger partial charge in [0.25, 0.3) is 0 Å². The molecule has 0 aliphatic heterocycles. The lowest BCUT2D eigenvalue weighted by atomic mass is 9.94. The standard InChI is InChI=1S/C23H31N5O/c1-3-14-28(15-4-2)22-21(26-19-12-8-9-13-20(19)27-22)18(16-24)23(29)25-17-10-6-5-7-11-17/h8-9,12-13,17-18H,3-7,10-11,14-15H2,1-2H3,(H,25,29)/t18-/m1/s1. The van der Waals surface area contributed by atoms with E-state index in [0.29, 0.717) is 17.0 Å². The van der Waals surface area contributed by atoms with E-state index in [2.05, 4.69) is 30.1 Å². The highest BCUT2D eigenvalue weighted by Gasteiger charge is 2.30. The molecule has 1 atom stereocenters. The van der Waals surface area contributed by atoms with Gasteiger partial charge in [0.2, 0.25) is 5.91 Å². The van der Waals surface area contributed by atoms with E-state index in [4.69, 9.17) is 9.97 Å². The van der Waals surface area contributed by atoms with Crippen LogP contribution in [-0.4, -0.2) is 35.0 Å². The van der Waals surface area contributed by atoms with Gasteiger partial charge in [0.1, 0.15) is 5.69 Å². The Morgan fingerprint density at radius 2 is 1.76 bits per heavy atom. The summed E-state index contributed by atoms with van der Waals surface area (Å²) in [6.07, 6.45) is 7.36. The van der Waals surface area contributed by atoms with Crippen molar-refractivity contribution in [2.45, 2.75) is 70.8 Å². The van der Waals surface area contributed by atoms with Crippen molar-refractivity contribution < 1.29 is 4.79 Å². The Kier molecular flexibility index (Phi) is 7.40. The van der Waals surface area contributed by atoms with Crippen molar-refractivity contribution in [1.82, 2.24) is 15.3 Å². The van der Waals surface area contributed by atoms with E-state index in [0.717, 1.165) is 57.1 Å². The first-order valence-electron chi connectivity index (χ1n) is 10.9. The molecule has 6 nitrogen and oxygen atoms in total. The summed E-state index contributed by atoms with van der Waals surface area (Å²) in [4.78, 5) is 24.8. The van der Waals surface area contributed by atoms with Crippen LogP contribution < -0.4 is 10.2 Å². The molecule has 1 aromatic heterocycles. The minimum atomic E-state index is -0.958. The molecule has 1 aliphatic rings. The molecule has 2 aromatic rings. The fourth-order valence-corrected chi connectivity index (χ4v) is 4.07. The van der Waals surface area contributed by atoms with Crippen LogP contribution in [0.2, 0.25) is 0 Å². The summed E-state index contributed by atoms with van der Waals surface area (Å²) in [6.45, 7) is 5.87. The van der Waals surface area contributed by atoms with E-state index < -0.39 is 5.92 Å². The maximum Gasteiger partial charge on any atom is 0.243 e.